The minimum Gasteiger partial charge on any atom is -0.611 e. The molecule has 0 fully saturated rings. The molecule has 0 radical (unpaired) electrons. The van der Waals surface area contributed by atoms with Gasteiger partial charge in [0.15, 0.2) is 4.24 Å². The van der Waals surface area contributed by atoms with Crippen LogP contribution in [0.4, 0.5) is 0 Å². The van der Waals surface area contributed by atoms with Gasteiger partial charge in [0.25, 0.3) is 0 Å². The first-order chi connectivity index (χ1) is 12.1. The summed E-state index contributed by atoms with van der Waals surface area (Å²) in [5.41, 5.74) is 3.20. The molecule has 0 aliphatic rings. The molecule has 2 rings (SSSR count). The maximum atomic E-state index is 11.8. The number of benzene rings is 1. The third-order valence-corrected chi connectivity index (χ3v) is 7.09. The van der Waals surface area contributed by atoms with Crippen LogP contribution in [-0.2, 0) is 17.6 Å². The fraction of sp³-hybridized carbons (Fsp3) is 0.350. The summed E-state index contributed by atoms with van der Waals surface area (Å²) in [6.07, 6.45) is 14.6. The zero-order valence-corrected chi connectivity index (χ0v) is 17.5. The molecule has 134 valence electrons. The number of nitrogens with zero attached hydrogens (tertiary/aromatic N) is 1. The summed E-state index contributed by atoms with van der Waals surface area (Å²) in [4.78, 5) is 4.70. The van der Waals surface area contributed by atoms with Crippen LogP contribution in [0.3, 0.4) is 0 Å². The minimum absolute atomic E-state index is 0.882. The molecule has 0 spiro atoms. The average molecular weight is 392 g/mol. The Morgan fingerprint density at radius 3 is 2.68 bits per heavy atom. The molecule has 2 aromatic rings. The Balaban J connectivity index is 2.14. The Hall–Kier alpha value is -1.01. The van der Waals surface area contributed by atoms with Crippen molar-refractivity contribution in [1.82, 2.24) is 4.98 Å². The van der Waals surface area contributed by atoms with E-state index in [4.69, 9.17) is 4.98 Å². The van der Waals surface area contributed by atoms with E-state index in [-0.39, 0.29) is 0 Å². The van der Waals surface area contributed by atoms with Crippen LogP contribution in [0.2, 0.25) is 0 Å². The molecule has 0 aliphatic carbocycles. The molecule has 1 atom stereocenters. The largest absolute Gasteiger partial charge is 0.611 e. The van der Waals surface area contributed by atoms with Crippen LogP contribution in [0.25, 0.3) is 18.2 Å². The van der Waals surface area contributed by atoms with Crippen LogP contribution in [0.5, 0.6) is 0 Å². The van der Waals surface area contributed by atoms with E-state index in [1.165, 1.54) is 36.0 Å². The second-order valence-corrected chi connectivity index (χ2v) is 9.10. The normalized spacial score (nSPS) is 13.5. The first-order valence-corrected chi connectivity index (χ1v) is 12.1. The van der Waals surface area contributed by atoms with Crippen LogP contribution >= 0.6 is 23.1 Å². The molecule has 5 heteroatoms. The highest BCUT2D eigenvalue weighted by Crippen LogP contribution is 2.24. The van der Waals surface area contributed by atoms with Gasteiger partial charge in [0.2, 0.25) is 0 Å². The van der Waals surface area contributed by atoms with Crippen molar-refractivity contribution < 1.29 is 4.55 Å². The summed E-state index contributed by atoms with van der Waals surface area (Å²) >= 11 is 2.31. The lowest BCUT2D eigenvalue weighted by atomic mass is 10.1. The van der Waals surface area contributed by atoms with Crippen molar-refractivity contribution in [3.63, 3.8) is 0 Å². The third kappa shape index (κ3) is 6.66. The number of aryl methyl sites for hydroxylation is 1. The Kier molecular flexibility index (Phi) is 8.82. The van der Waals surface area contributed by atoms with Gasteiger partial charge in [0.05, 0.1) is 10.7 Å². The highest BCUT2D eigenvalue weighted by molar-refractivity contribution is 8.18. The molecule has 0 amide bonds. The van der Waals surface area contributed by atoms with Crippen LogP contribution in [0, 0.1) is 0 Å². The monoisotopic (exact) mass is 391 g/mol. The standard InChI is InChI=1S/C20H25NOS3/c1-4-5-6-11-19-21-18(15-24-19)13-12-16-9-7-8-10-17(16)14-20(23-2)25(3)22/h7-10,12-15H,4-6,11H2,1-3H3. The lowest BCUT2D eigenvalue weighted by molar-refractivity contribution is 0.608. The van der Waals surface area contributed by atoms with Crippen molar-refractivity contribution in [2.24, 2.45) is 0 Å². The van der Waals surface area contributed by atoms with Crippen molar-refractivity contribution >= 4 is 52.5 Å². The molecule has 0 saturated carbocycles. The van der Waals surface area contributed by atoms with E-state index in [0.29, 0.717) is 0 Å². The Labute approximate surface area is 162 Å². The summed E-state index contributed by atoms with van der Waals surface area (Å²) in [7, 11) is 0. The fourth-order valence-electron chi connectivity index (χ4n) is 2.40. The Morgan fingerprint density at radius 1 is 1.24 bits per heavy atom. The molecule has 25 heavy (non-hydrogen) atoms. The van der Waals surface area contributed by atoms with Crippen molar-refractivity contribution in [2.45, 2.75) is 32.6 Å². The molecule has 1 aromatic carbocycles. The van der Waals surface area contributed by atoms with Crippen LogP contribution in [0.15, 0.2) is 33.9 Å². The fourth-order valence-corrected chi connectivity index (χ4v) is 4.68. The van der Waals surface area contributed by atoms with E-state index in [9.17, 15) is 4.55 Å². The summed E-state index contributed by atoms with van der Waals surface area (Å²) in [5, 5.41) is 3.33. The maximum absolute atomic E-state index is 11.8. The third-order valence-electron chi connectivity index (χ3n) is 3.75. The highest BCUT2D eigenvalue weighted by Gasteiger charge is 2.08. The predicted molar refractivity (Wildman–Crippen MR) is 116 cm³/mol. The summed E-state index contributed by atoms with van der Waals surface area (Å²) in [5.74, 6) is 0. The number of thioether (sulfide) groups is 1. The summed E-state index contributed by atoms with van der Waals surface area (Å²) in [6, 6.07) is 8.16. The highest BCUT2D eigenvalue weighted by atomic mass is 32.3. The molecular weight excluding hydrogens is 366 g/mol. The van der Waals surface area contributed by atoms with Crippen molar-refractivity contribution in [1.29, 1.82) is 0 Å². The molecule has 0 bridgehead atoms. The Bertz CT molecular complexity index is 719. The smallest absolute Gasteiger partial charge is 0.186 e. The van der Waals surface area contributed by atoms with E-state index >= 15 is 0 Å². The molecule has 0 saturated heterocycles. The van der Waals surface area contributed by atoms with Gasteiger partial charge >= 0.3 is 0 Å². The zero-order chi connectivity index (χ0) is 18.1. The average Bonchev–Trinajstić information content (AvgIpc) is 3.06. The van der Waals surface area contributed by atoms with Gasteiger partial charge in [-0.1, -0.05) is 61.9 Å². The number of hydrogen-bond donors (Lipinski definition) is 0. The van der Waals surface area contributed by atoms with Gasteiger partial charge in [-0.2, -0.15) is 0 Å². The molecule has 1 aromatic heterocycles. The molecule has 2 nitrogen and oxygen atoms in total. The number of unbranched alkanes of at least 4 members (excludes halogenated alkanes) is 2. The van der Waals surface area contributed by atoms with Crippen LogP contribution in [-0.4, -0.2) is 22.0 Å². The molecule has 0 N–H and O–H groups in total. The maximum Gasteiger partial charge on any atom is 0.186 e. The molecule has 0 aliphatic heterocycles. The van der Waals surface area contributed by atoms with Gasteiger partial charge in [-0.3, -0.25) is 0 Å². The molecule has 1 unspecified atom stereocenters. The van der Waals surface area contributed by atoms with E-state index < -0.39 is 11.2 Å². The summed E-state index contributed by atoms with van der Waals surface area (Å²) < 4.78 is 12.7. The second kappa shape index (κ2) is 10.9. The summed E-state index contributed by atoms with van der Waals surface area (Å²) in [6.45, 7) is 2.22. The minimum atomic E-state index is -0.964. The lowest BCUT2D eigenvalue weighted by Crippen LogP contribution is -1.97. The first-order valence-electron chi connectivity index (χ1n) is 8.44. The van der Waals surface area contributed by atoms with Crippen molar-refractivity contribution in [3.8, 4) is 0 Å². The lowest BCUT2D eigenvalue weighted by Gasteiger charge is -2.07. The Morgan fingerprint density at radius 2 is 2.00 bits per heavy atom. The van der Waals surface area contributed by atoms with Gasteiger partial charge in [-0.05, 0) is 47.5 Å². The number of rotatable bonds is 9. The van der Waals surface area contributed by atoms with Crippen LogP contribution < -0.4 is 0 Å². The number of aromatic nitrogens is 1. The molecular formula is C20H25NOS3. The van der Waals surface area contributed by atoms with Crippen molar-refractivity contribution in [2.75, 3.05) is 12.5 Å². The van der Waals surface area contributed by atoms with Gasteiger partial charge in [0.1, 0.15) is 6.26 Å². The van der Waals surface area contributed by atoms with E-state index in [1.54, 1.807) is 17.6 Å². The van der Waals surface area contributed by atoms with Gasteiger partial charge in [-0.15, -0.1) is 11.3 Å². The second-order valence-electron chi connectivity index (χ2n) is 5.71. The van der Waals surface area contributed by atoms with Crippen molar-refractivity contribution in [3.05, 3.63) is 55.7 Å². The van der Waals surface area contributed by atoms with E-state index in [2.05, 4.69) is 36.6 Å². The van der Waals surface area contributed by atoms with E-state index in [0.717, 1.165) is 27.5 Å². The van der Waals surface area contributed by atoms with Gasteiger partial charge < -0.3 is 4.55 Å². The topological polar surface area (TPSA) is 36.0 Å². The quantitative estimate of drug-likeness (QED) is 0.383. The molecule has 1 heterocycles. The SMILES string of the molecule is CCCCCc1nc(C=Cc2ccccc2C=C(SC)[S+](C)[O-])cs1. The van der Waals surface area contributed by atoms with Gasteiger partial charge in [0, 0.05) is 11.5 Å². The first kappa shape index (κ1) is 20.3. The predicted octanol–water partition coefficient (Wildman–Crippen LogP) is 6.09. The van der Waals surface area contributed by atoms with E-state index in [1.807, 2.05) is 24.5 Å². The van der Waals surface area contributed by atoms with Gasteiger partial charge in [-0.25, -0.2) is 4.98 Å². The van der Waals surface area contributed by atoms with Crippen LogP contribution in [0.1, 0.15) is 48.0 Å². The number of thiazole rings is 1. The number of hydrogen-bond acceptors (Lipinski definition) is 4. The zero-order valence-electron chi connectivity index (χ0n) is 15.0.